The van der Waals surface area contributed by atoms with Crippen LogP contribution in [0.25, 0.3) is 0 Å². The maximum atomic E-state index is 12.1. The maximum Gasteiger partial charge on any atom is 0.329 e. The van der Waals surface area contributed by atoms with Gasteiger partial charge in [0.15, 0.2) is 0 Å². The molecule has 2 rings (SSSR count). The zero-order chi connectivity index (χ0) is 13.3. The Kier molecular flexibility index (Phi) is 3.47. The van der Waals surface area contributed by atoms with Gasteiger partial charge in [-0.05, 0) is 32.6 Å². The first-order valence-corrected chi connectivity index (χ1v) is 6.35. The molecule has 102 valence electrons. The summed E-state index contributed by atoms with van der Waals surface area (Å²) in [6.07, 6.45) is 1.73. The number of carboxylic acid groups (broad SMARTS) is 1. The third-order valence-electron chi connectivity index (χ3n) is 3.73. The number of amides is 2. The van der Waals surface area contributed by atoms with Crippen molar-refractivity contribution >= 4 is 12.0 Å². The summed E-state index contributed by atoms with van der Waals surface area (Å²) in [5.74, 6) is -0.905. The van der Waals surface area contributed by atoms with E-state index in [9.17, 15) is 14.7 Å². The quantitative estimate of drug-likeness (QED) is 0.778. The number of morpholine rings is 1. The molecular weight excluding hydrogens is 236 g/mol. The van der Waals surface area contributed by atoms with E-state index in [1.807, 2.05) is 6.92 Å². The Morgan fingerprint density at radius 3 is 2.61 bits per heavy atom. The molecule has 6 nitrogen and oxygen atoms in total. The predicted octanol–water partition coefficient (Wildman–Crippen LogP) is 0.670. The fourth-order valence-electron chi connectivity index (χ4n) is 2.29. The predicted molar refractivity (Wildman–Crippen MR) is 64.3 cm³/mol. The van der Waals surface area contributed by atoms with Gasteiger partial charge < -0.3 is 20.1 Å². The highest BCUT2D eigenvalue weighted by Crippen LogP contribution is 2.39. The largest absolute Gasteiger partial charge is 0.480 e. The molecule has 1 heterocycles. The summed E-state index contributed by atoms with van der Waals surface area (Å²) in [5, 5.41) is 12.0. The number of nitrogens with one attached hydrogen (secondary N) is 1. The number of hydrogen-bond donors (Lipinski definition) is 2. The molecule has 2 atom stereocenters. The summed E-state index contributed by atoms with van der Waals surface area (Å²) in [6.45, 7) is 5.01. The minimum Gasteiger partial charge on any atom is -0.480 e. The monoisotopic (exact) mass is 256 g/mol. The van der Waals surface area contributed by atoms with Crippen LogP contribution in [0.4, 0.5) is 4.79 Å². The molecule has 18 heavy (non-hydrogen) atoms. The number of nitrogens with zero attached hydrogens (tertiary/aromatic N) is 1. The molecule has 0 spiro atoms. The highest BCUT2D eigenvalue weighted by Gasteiger charge is 2.49. The van der Waals surface area contributed by atoms with Crippen LogP contribution in [0, 0.1) is 5.92 Å². The van der Waals surface area contributed by atoms with E-state index in [4.69, 9.17) is 4.74 Å². The normalized spacial score (nSPS) is 27.4. The summed E-state index contributed by atoms with van der Waals surface area (Å²) >= 11 is 0. The molecule has 0 aromatic rings. The number of hydrogen-bond acceptors (Lipinski definition) is 3. The second-order valence-electron chi connectivity index (χ2n) is 5.34. The first-order chi connectivity index (χ1) is 8.43. The number of carbonyl (C=O) groups excluding carboxylic acids is 1. The summed E-state index contributed by atoms with van der Waals surface area (Å²) in [4.78, 5) is 25.0. The zero-order valence-corrected chi connectivity index (χ0v) is 10.8. The van der Waals surface area contributed by atoms with Crippen molar-refractivity contribution in [1.29, 1.82) is 0 Å². The molecule has 2 unspecified atom stereocenters. The van der Waals surface area contributed by atoms with E-state index in [1.54, 1.807) is 11.8 Å². The standard InChI is InChI=1S/C12H20N2O4/c1-8-7-14(5-6-18-8)11(17)13-12(2,10(15)16)9-3-4-9/h8-9H,3-7H2,1-2H3,(H,13,17)(H,15,16). The lowest BCUT2D eigenvalue weighted by Crippen LogP contribution is -2.59. The van der Waals surface area contributed by atoms with Gasteiger partial charge in [-0.1, -0.05) is 0 Å². The summed E-state index contributed by atoms with van der Waals surface area (Å²) in [6, 6.07) is -0.304. The summed E-state index contributed by atoms with van der Waals surface area (Å²) in [7, 11) is 0. The average Bonchev–Trinajstić information content (AvgIpc) is 3.12. The van der Waals surface area contributed by atoms with Crippen LogP contribution in [0.2, 0.25) is 0 Å². The van der Waals surface area contributed by atoms with Crippen molar-refractivity contribution in [1.82, 2.24) is 10.2 Å². The minimum atomic E-state index is -1.14. The van der Waals surface area contributed by atoms with Gasteiger partial charge in [0.1, 0.15) is 5.54 Å². The van der Waals surface area contributed by atoms with Crippen molar-refractivity contribution < 1.29 is 19.4 Å². The molecule has 1 saturated heterocycles. The van der Waals surface area contributed by atoms with E-state index >= 15 is 0 Å². The number of carboxylic acids is 1. The van der Waals surface area contributed by atoms with Crippen molar-refractivity contribution in [3.05, 3.63) is 0 Å². The van der Waals surface area contributed by atoms with E-state index in [0.29, 0.717) is 19.7 Å². The van der Waals surface area contributed by atoms with Gasteiger partial charge in [-0.2, -0.15) is 0 Å². The van der Waals surface area contributed by atoms with Crippen LogP contribution in [0.1, 0.15) is 26.7 Å². The molecule has 1 aliphatic carbocycles. The Morgan fingerprint density at radius 2 is 2.11 bits per heavy atom. The Labute approximate surface area is 106 Å². The molecule has 0 aromatic carbocycles. The topological polar surface area (TPSA) is 78.9 Å². The second-order valence-corrected chi connectivity index (χ2v) is 5.34. The molecule has 2 fully saturated rings. The van der Waals surface area contributed by atoms with Crippen LogP contribution in [-0.2, 0) is 9.53 Å². The molecule has 1 saturated carbocycles. The van der Waals surface area contributed by atoms with Crippen LogP contribution in [0.3, 0.4) is 0 Å². The van der Waals surface area contributed by atoms with Gasteiger partial charge in [-0.25, -0.2) is 9.59 Å². The van der Waals surface area contributed by atoms with Gasteiger partial charge in [-0.15, -0.1) is 0 Å². The van der Waals surface area contributed by atoms with Gasteiger partial charge in [0.2, 0.25) is 0 Å². The zero-order valence-electron chi connectivity index (χ0n) is 10.8. The van der Waals surface area contributed by atoms with Crippen molar-refractivity contribution in [2.75, 3.05) is 19.7 Å². The summed E-state index contributed by atoms with van der Waals surface area (Å²) < 4.78 is 5.36. The number of urea groups is 1. The molecule has 6 heteroatoms. The SMILES string of the molecule is CC1CN(C(=O)NC(C)(C(=O)O)C2CC2)CCO1. The minimum absolute atomic E-state index is 0.00140. The van der Waals surface area contributed by atoms with Crippen LogP contribution in [0.5, 0.6) is 0 Å². The third kappa shape index (κ3) is 2.58. The van der Waals surface area contributed by atoms with E-state index in [1.165, 1.54) is 0 Å². The maximum absolute atomic E-state index is 12.1. The van der Waals surface area contributed by atoms with Crippen LogP contribution in [-0.4, -0.2) is 53.3 Å². The Bertz CT molecular complexity index is 356. The Morgan fingerprint density at radius 1 is 1.44 bits per heavy atom. The van der Waals surface area contributed by atoms with Crippen LogP contribution < -0.4 is 5.32 Å². The first-order valence-electron chi connectivity index (χ1n) is 6.35. The number of ether oxygens (including phenoxy) is 1. The Hall–Kier alpha value is -1.30. The molecule has 2 aliphatic rings. The molecular formula is C12H20N2O4. The highest BCUT2D eigenvalue weighted by atomic mass is 16.5. The molecule has 1 aliphatic heterocycles. The van der Waals surface area contributed by atoms with E-state index in [-0.39, 0.29) is 18.1 Å². The van der Waals surface area contributed by atoms with Gasteiger partial charge in [0.25, 0.3) is 0 Å². The Balaban J connectivity index is 1.98. The van der Waals surface area contributed by atoms with E-state index in [0.717, 1.165) is 12.8 Å². The lowest BCUT2D eigenvalue weighted by Gasteiger charge is -2.34. The van der Waals surface area contributed by atoms with Crippen molar-refractivity contribution in [2.24, 2.45) is 5.92 Å². The average molecular weight is 256 g/mol. The molecule has 0 aromatic heterocycles. The van der Waals surface area contributed by atoms with Gasteiger partial charge in [-0.3, -0.25) is 0 Å². The van der Waals surface area contributed by atoms with Crippen LogP contribution in [0.15, 0.2) is 0 Å². The van der Waals surface area contributed by atoms with E-state index in [2.05, 4.69) is 5.32 Å². The molecule has 0 bridgehead atoms. The third-order valence-corrected chi connectivity index (χ3v) is 3.73. The lowest BCUT2D eigenvalue weighted by atomic mass is 9.96. The fraction of sp³-hybridized carbons (Fsp3) is 0.833. The van der Waals surface area contributed by atoms with Crippen molar-refractivity contribution in [3.63, 3.8) is 0 Å². The lowest BCUT2D eigenvalue weighted by molar-refractivity contribution is -0.144. The number of rotatable bonds is 3. The number of carbonyl (C=O) groups is 2. The van der Waals surface area contributed by atoms with Gasteiger partial charge in [0.05, 0.1) is 12.7 Å². The fourth-order valence-corrected chi connectivity index (χ4v) is 2.29. The molecule has 0 radical (unpaired) electrons. The smallest absolute Gasteiger partial charge is 0.329 e. The molecule has 2 N–H and O–H groups in total. The van der Waals surface area contributed by atoms with E-state index < -0.39 is 11.5 Å². The first kappa shape index (κ1) is 13.1. The number of aliphatic carboxylic acids is 1. The second kappa shape index (κ2) is 4.76. The van der Waals surface area contributed by atoms with Crippen molar-refractivity contribution in [3.8, 4) is 0 Å². The summed E-state index contributed by atoms with van der Waals surface area (Å²) in [5.41, 5.74) is -1.14. The highest BCUT2D eigenvalue weighted by molar-refractivity contribution is 5.86. The van der Waals surface area contributed by atoms with Gasteiger partial charge >= 0.3 is 12.0 Å². The molecule has 2 amide bonds. The van der Waals surface area contributed by atoms with Crippen LogP contribution >= 0.6 is 0 Å². The van der Waals surface area contributed by atoms with Gasteiger partial charge in [0, 0.05) is 13.1 Å². The van der Waals surface area contributed by atoms with Crippen molar-refractivity contribution in [2.45, 2.75) is 38.3 Å².